The van der Waals surface area contributed by atoms with Gasteiger partial charge in [-0.2, -0.15) is 0 Å². The second-order valence-electron chi connectivity index (χ2n) is 6.09. The lowest BCUT2D eigenvalue weighted by atomic mass is 10.1. The summed E-state index contributed by atoms with van der Waals surface area (Å²) in [5.74, 6) is -1.89. The van der Waals surface area contributed by atoms with Crippen molar-refractivity contribution in [3.05, 3.63) is 42.5 Å². The maximum atomic E-state index is 12.7. The van der Waals surface area contributed by atoms with E-state index in [0.717, 1.165) is 12.8 Å². The lowest BCUT2D eigenvalue weighted by Gasteiger charge is -2.24. The Kier molecular flexibility index (Phi) is 5.97. The van der Waals surface area contributed by atoms with Crippen LogP contribution in [0.3, 0.4) is 0 Å². The number of nitrogens with zero attached hydrogens (tertiary/aromatic N) is 1. The first kappa shape index (κ1) is 19.1. The molecular weight excluding hydrogens is 344 g/mol. The minimum absolute atomic E-state index is 0.0581. The standard InChI is InChI=1S/C17H22N2O5S/c1-3-10-18-25(23,24)15-8-4-13(5-9-15)16(20)19(14-6-7-14)11-12(2)17(21)22/h3-5,8-9,12,14,18H,1,6-7,10-11H2,2H3,(H,21,22). The van der Waals surface area contributed by atoms with Crippen LogP contribution in [0.2, 0.25) is 0 Å². The first-order chi connectivity index (χ1) is 11.8. The molecule has 0 bridgehead atoms. The maximum absolute atomic E-state index is 12.7. The summed E-state index contributed by atoms with van der Waals surface area (Å²) in [4.78, 5) is 25.4. The van der Waals surface area contributed by atoms with Crippen LogP contribution in [-0.2, 0) is 14.8 Å². The highest BCUT2D eigenvalue weighted by Crippen LogP contribution is 2.29. The number of aliphatic carboxylic acids is 1. The van der Waals surface area contributed by atoms with Gasteiger partial charge in [-0.3, -0.25) is 9.59 Å². The van der Waals surface area contributed by atoms with Gasteiger partial charge in [-0.15, -0.1) is 6.58 Å². The molecule has 1 aromatic carbocycles. The second-order valence-corrected chi connectivity index (χ2v) is 7.86. The molecule has 0 spiro atoms. The average Bonchev–Trinajstić information content (AvgIpc) is 3.42. The summed E-state index contributed by atoms with van der Waals surface area (Å²) in [7, 11) is -3.64. The van der Waals surface area contributed by atoms with E-state index in [1.807, 2.05) is 0 Å². The van der Waals surface area contributed by atoms with Crippen molar-refractivity contribution in [3.63, 3.8) is 0 Å². The van der Waals surface area contributed by atoms with Crippen molar-refractivity contribution >= 4 is 21.9 Å². The van der Waals surface area contributed by atoms with Gasteiger partial charge < -0.3 is 10.0 Å². The summed E-state index contributed by atoms with van der Waals surface area (Å²) < 4.78 is 26.4. The third-order valence-corrected chi connectivity index (χ3v) is 5.41. The van der Waals surface area contributed by atoms with Gasteiger partial charge in [0.05, 0.1) is 10.8 Å². The van der Waals surface area contributed by atoms with E-state index in [1.165, 1.54) is 30.3 Å². The lowest BCUT2D eigenvalue weighted by molar-refractivity contribution is -0.141. The highest BCUT2D eigenvalue weighted by Gasteiger charge is 2.35. The molecular formula is C17H22N2O5S. The van der Waals surface area contributed by atoms with Gasteiger partial charge in [0.25, 0.3) is 5.91 Å². The molecule has 25 heavy (non-hydrogen) atoms. The summed E-state index contributed by atoms with van der Waals surface area (Å²) in [5.41, 5.74) is 0.340. The summed E-state index contributed by atoms with van der Waals surface area (Å²) in [6.07, 6.45) is 3.15. The number of sulfonamides is 1. The predicted molar refractivity (Wildman–Crippen MR) is 92.7 cm³/mol. The molecule has 0 aliphatic heterocycles. The van der Waals surface area contributed by atoms with Crippen molar-refractivity contribution in [1.29, 1.82) is 0 Å². The van der Waals surface area contributed by atoms with Crippen molar-refractivity contribution in [1.82, 2.24) is 9.62 Å². The smallest absolute Gasteiger partial charge is 0.308 e. The minimum atomic E-state index is -3.64. The topological polar surface area (TPSA) is 104 Å². The number of nitrogens with one attached hydrogen (secondary N) is 1. The normalized spacial score (nSPS) is 15.4. The number of amides is 1. The fraction of sp³-hybridized carbons (Fsp3) is 0.412. The molecule has 1 atom stereocenters. The van der Waals surface area contributed by atoms with E-state index in [4.69, 9.17) is 5.11 Å². The molecule has 0 aromatic heterocycles. The molecule has 0 saturated heterocycles. The molecule has 0 heterocycles. The Labute approximate surface area is 147 Å². The van der Waals surface area contributed by atoms with Crippen molar-refractivity contribution in [3.8, 4) is 0 Å². The molecule has 1 unspecified atom stereocenters. The Morgan fingerprint density at radius 3 is 2.44 bits per heavy atom. The average molecular weight is 366 g/mol. The van der Waals surface area contributed by atoms with Crippen LogP contribution in [0.5, 0.6) is 0 Å². The summed E-state index contributed by atoms with van der Waals surface area (Å²) in [6, 6.07) is 5.69. The molecule has 8 heteroatoms. The number of carbonyl (C=O) groups excluding carboxylic acids is 1. The van der Waals surface area contributed by atoms with Gasteiger partial charge in [0.15, 0.2) is 0 Å². The first-order valence-corrected chi connectivity index (χ1v) is 9.49. The van der Waals surface area contributed by atoms with E-state index in [0.29, 0.717) is 5.56 Å². The molecule has 1 fully saturated rings. The van der Waals surface area contributed by atoms with Crippen molar-refractivity contribution in [2.45, 2.75) is 30.7 Å². The third-order valence-electron chi connectivity index (χ3n) is 3.97. The molecule has 1 aliphatic rings. The number of carboxylic acids is 1. The van der Waals surface area contributed by atoms with E-state index in [-0.39, 0.29) is 29.9 Å². The SMILES string of the molecule is C=CCNS(=O)(=O)c1ccc(C(=O)N(CC(C)C(=O)O)C2CC2)cc1. The van der Waals surface area contributed by atoms with Crippen LogP contribution in [0.15, 0.2) is 41.8 Å². The molecule has 1 aliphatic carbocycles. The summed E-state index contributed by atoms with van der Waals surface area (Å²) in [5, 5.41) is 9.06. The Balaban J connectivity index is 2.15. The van der Waals surface area contributed by atoms with Crippen LogP contribution in [0.4, 0.5) is 0 Å². The zero-order chi connectivity index (χ0) is 18.6. The van der Waals surface area contributed by atoms with Gasteiger partial charge in [0, 0.05) is 24.7 Å². The Morgan fingerprint density at radius 1 is 1.36 bits per heavy atom. The number of benzene rings is 1. The maximum Gasteiger partial charge on any atom is 0.308 e. The number of carbonyl (C=O) groups is 2. The number of hydrogen-bond acceptors (Lipinski definition) is 4. The van der Waals surface area contributed by atoms with E-state index >= 15 is 0 Å². The predicted octanol–water partition coefficient (Wildman–Crippen LogP) is 1.48. The van der Waals surface area contributed by atoms with Crippen molar-refractivity contribution in [2.24, 2.45) is 5.92 Å². The van der Waals surface area contributed by atoms with Crippen molar-refractivity contribution in [2.75, 3.05) is 13.1 Å². The quantitative estimate of drug-likeness (QED) is 0.644. The monoisotopic (exact) mass is 366 g/mol. The zero-order valence-electron chi connectivity index (χ0n) is 14.0. The van der Waals surface area contributed by atoms with Crippen molar-refractivity contribution < 1.29 is 23.1 Å². The number of rotatable bonds is 9. The van der Waals surface area contributed by atoms with Crippen LogP contribution in [0.25, 0.3) is 0 Å². The van der Waals surface area contributed by atoms with Crippen LogP contribution in [0.1, 0.15) is 30.1 Å². The van der Waals surface area contributed by atoms with Crippen LogP contribution in [-0.4, -0.2) is 49.4 Å². The highest BCUT2D eigenvalue weighted by atomic mass is 32.2. The summed E-state index contributed by atoms with van der Waals surface area (Å²) in [6.45, 7) is 5.27. The van der Waals surface area contributed by atoms with E-state index < -0.39 is 21.9 Å². The minimum Gasteiger partial charge on any atom is -0.481 e. The number of hydrogen-bond donors (Lipinski definition) is 2. The van der Waals surface area contributed by atoms with E-state index in [1.54, 1.807) is 11.8 Å². The molecule has 136 valence electrons. The van der Waals surface area contributed by atoms with E-state index in [2.05, 4.69) is 11.3 Å². The molecule has 2 rings (SSSR count). The van der Waals surface area contributed by atoms with Crippen LogP contribution in [0, 0.1) is 5.92 Å². The molecule has 1 saturated carbocycles. The largest absolute Gasteiger partial charge is 0.481 e. The van der Waals surface area contributed by atoms with Gasteiger partial charge in [-0.05, 0) is 37.1 Å². The number of carboxylic acid groups (broad SMARTS) is 1. The molecule has 1 aromatic rings. The van der Waals surface area contributed by atoms with E-state index in [9.17, 15) is 18.0 Å². The fourth-order valence-corrected chi connectivity index (χ4v) is 3.35. The zero-order valence-corrected chi connectivity index (χ0v) is 14.8. The Hall–Kier alpha value is -2.19. The van der Waals surface area contributed by atoms with Crippen LogP contribution >= 0.6 is 0 Å². The Morgan fingerprint density at radius 2 is 1.96 bits per heavy atom. The van der Waals surface area contributed by atoms with Gasteiger partial charge in [0.1, 0.15) is 0 Å². The van der Waals surface area contributed by atoms with Gasteiger partial charge >= 0.3 is 5.97 Å². The first-order valence-electron chi connectivity index (χ1n) is 8.00. The molecule has 2 N–H and O–H groups in total. The molecule has 7 nitrogen and oxygen atoms in total. The third kappa shape index (κ3) is 4.90. The lowest BCUT2D eigenvalue weighted by Crippen LogP contribution is -2.38. The van der Waals surface area contributed by atoms with Gasteiger partial charge in [-0.25, -0.2) is 13.1 Å². The van der Waals surface area contributed by atoms with Crippen LogP contribution < -0.4 is 4.72 Å². The molecule has 1 amide bonds. The van der Waals surface area contributed by atoms with Gasteiger partial charge in [0.2, 0.25) is 10.0 Å². The summed E-state index contributed by atoms with van der Waals surface area (Å²) >= 11 is 0. The Bertz CT molecular complexity index is 754. The van der Waals surface area contributed by atoms with Gasteiger partial charge in [-0.1, -0.05) is 13.0 Å². The highest BCUT2D eigenvalue weighted by molar-refractivity contribution is 7.89. The molecule has 0 radical (unpaired) electrons. The second kappa shape index (κ2) is 7.79. The fourth-order valence-electron chi connectivity index (χ4n) is 2.35.